The van der Waals surface area contributed by atoms with E-state index in [4.69, 9.17) is 0 Å². The molecule has 0 fully saturated rings. The summed E-state index contributed by atoms with van der Waals surface area (Å²) in [5.41, 5.74) is 11.0. The second kappa shape index (κ2) is 6.74. The highest BCUT2D eigenvalue weighted by Crippen LogP contribution is 2.49. The number of hydrogen-bond donors (Lipinski definition) is 0. The SMILES string of the molecule is CC(c1cccc(-c2ccccc2)c1)c1ccc2c(c1)C(C)(C)c1ccccc1-2. The van der Waals surface area contributed by atoms with Gasteiger partial charge in [0.1, 0.15) is 0 Å². The first kappa shape index (κ1) is 17.9. The van der Waals surface area contributed by atoms with Crippen LogP contribution in [0, 0.1) is 0 Å². The topological polar surface area (TPSA) is 0 Å². The van der Waals surface area contributed by atoms with E-state index in [1.165, 1.54) is 44.5 Å². The molecule has 1 aliphatic rings. The largest absolute Gasteiger partial charge is 0.0622 e. The second-order valence-corrected chi connectivity index (χ2v) is 8.69. The highest BCUT2D eigenvalue weighted by Gasteiger charge is 2.35. The van der Waals surface area contributed by atoms with Crippen molar-refractivity contribution in [3.8, 4) is 22.3 Å². The third kappa shape index (κ3) is 2.91. The van der Waals surface area contributed by atoms with Gasteiger partial charge in [-0.25, -0.2) is 0 Å². The summed E-state index contributed by atoms with van der Waals surface area (Å²) in [7, 11) is 0. The van der Waals surface area contributed by atoms with E-state index in [1.54, 1.807) is 0 Å². The van der Waals surface area contributed by atoms with Crippen molar-refractivity contribution in [2.24, 2.45) is 0 Å². The van der Waals surface area contributed by atoms with E-state index < -0.39 is 0 Å². The summed E-state index contributed by atoms with van der Waals surface area (Å²) in [4.78, 5) is 0. The first-order valence-electron chi connectivity index (χ1n) is 10.5. The molecule has 0 saturated carbocycles. The van der Waals surface area contributed by atoms with Gasteiger partial charge >= 0.3 is 0 Å². The molecule has 0 heterocycles. The van der Waals surface area contributed by atoms with Crippen molar-refractivity contribution in [1.29, 1.82) is 0 Å². The van der Waals surface area contributed by atoms with Crippen LogP contribution >= 0.6 is 0 Å². The fourth-order valence-corrected chi connectivity index (χ4v) is 4.80. The van der Waals surface area contributed by atoms with Crippen molar-refractivity contribution in [1.82, 2.24) is 0 Å². The molecule has 0 radical (unpaired) electrons. The Morgan fingerprint density at radius 1 is 0.552 bits per heavy atom. The summed E-state index contributed by atoms with van der Waals surface area (Å²) in [5, 5.41) is 0. The Labute approximate surface area is 173 Å². The number of rotatable bonds is 3. The van der Waals surface area contributed by atoms with Crippen LogP contribution in [0.25, 0.3) is 22.3 Å². The van der Waals surface area contributed by atoms with Gasteiger partial charge in [0.25, 0.3) is 0 Å². The highest BCUT2D eigenvalue weighted by atomic mass is 14.4. The third-order valence-electron chi connectivity index (χ3n) is 6.60. The van der Waals surface area contributed by atoms with Crippen molar-refractivity contribution in [3.63, 3.8) is 0 Å². The van der Waals surface area contributed by atoms with E-state index in [0.29, 0.717) is 5.92 Å². The summed E-state index contributed by atoms with van der Waals surface area (Å²) in [6.07, 6.45) is 0. The fraction of sp³-hybridized carbons (Fsp3) is 0.172. The Hall–Kier alpha value is -3.12. The van der Waals surface area contributed by atoms with E-state index in [0.717, 1.165) is 0 Å². The molecule has 0 aliphatic heterocycles. The van der Waals surface area contributed by atoms with Gasteiger partial charge in [-0.1, -0.05) is 118 Å². The Morgan fingerprint density at radius 3 is 2.03 bits per heavy atom. The van der Waals surface area contributed by atoms with Gasteiger partial charge in [-0.2, -0.15) is 0 Å². The molecule has 0 saturated heterocycles. The average molecular weight is 375 g/mol. The second-order valence-electron chi connectivity index (χ2n) is 8.69. The van der Waals surface area contributed by atoms with Crippen molar-refractivity contribution < 1.29 is 0 Å². The molecule has 5 rings (SSSR count). The Balaban J connectivity index is 1.55. The van der Waals surface area contributed by atoms with Gasteiger partial charge in [0, 0.05) is 11.3 Å². The number of hydrogen-bond acceptors (Lipinski definition) is 0. The first-order chi connectivity index (χ1) is 14.1. The van der Waals surface area contributed by atoms with Crippen LogP contribution in [0.15, 0.2) is 97.1 Å². The maximum Gasteiger partial charge on any atom is 0.0158 e. The maximum absolute atomic E-state index is 2.44. The summed E-state index contributed by atoms with van der Waals surface area (Å²) in [6, 6.07) is 35.5. The Bertz CT molecular complexity index is 1180. The lowest BCUT2D eigenvalue weighted by molar-refractivity contribution is 0.658. The van der Waals surface area contributed by atoms with E-state index in [9.17, 15) is 0 Å². The molecular formula is C29H26. The maximum atomic E-state index is 2.44. The quantitative estimate of drug-likeness (QED) is 0.343. The van der Waals surface area contributed by atoms with Crippen molar-refractivity contribution in [2.45, 2.75) is 32.1 Å². The molecule has 0 amide bonds. The van der Waals surface area contributed by atoms with E-state index in [-0.39, 0.29) is 5.41 Å². The normalized spacial score (nSPS) is 14.9. The van der Waals surface area contributed by atoms with Crippen LogP contribution in [-0.2, 0) is 5.41 Å². The molecule has 1 unspecified atom stereocenters. The zero-order chi connectivity index (χ0) is 20.0. The van der Waals surface area contributed by atoms with Crippen LogP contribution in [0.1, 0.15) is 48.9 Å². The molecule has 4 aromatic carbocycles. The number of fused-ring (bicyclic) bond motifs is 3. The molecule has 142 valence electrons. The first-order valence-corrected chi connectivity index (χ1v) is 10.5. The smallest absolute Gasteiger partial charge is 0.0158 e. The monoisotopic (exact) mass is 374 g/mol. The molecule has 0 bridgehead atoms. The van der Waals surface area contributed by atoms with Crippen molar-refractivity contribution in [2.75, 3.05) is 0 Å². The molecule has 0 N–H and O–H groups in total. The minimum Gasteiger partial charge on any atom is -0.0622 e. The standard InChI is InChI=1S/C29H26/c1-20(22-12-9-13-24(18-22)21-10-5-4-6-11-21)23-16-17-26-25-14-7-8-15-27(25)29(2,3)28(26)19-23/h4-20H,1-3H3. The van der Waals surface area contributed by atoms with Crippen molar-refractivity contribution >= 4 is 0 Å². The highest BCUT2D eigenvalue weighted by molar-refractivity contribution is 5.81. The van der Waals surface area contributed by atoms with Crippen molar-refractivity contribution in [3.05, 3.63) is 119 Å². The lowest BCUT2D eigenvalue weighted by Gasteiger charge is -2.23. The molecule has 4 aromatic rings. The van der Waals surface area contributed by atoms with Gasteiger partial charge in [-0.3, -0.25) is 0 Å². The molecule has 0 aromatic heterocycles. The van der Waals surface area contributed by atoms with Crippen LogP contribution in [0.5, 0.6) is 0 Å². The van der Waals surface area contributed by atoms with Gasteiger partial charge < -0.3 is 0 Å². The van der Waals surface area contributed by atoms with E-state index in [1.807, 2.05) is 0 Å². The minimum absolute atomic E-state index is 0.0492. The van der Waals surface area contributed by atoms with Gasteiger partial charge in [-0.15, -0.1) is 0 Å². The number of benzene rings is 4. The molecule has 0 nitrogen and oxygen atoms in total. The lowest BCUT2D eigenvalue weighted by atomic mass is 9.80. The molecular weight excluding hydrogens is 348 g/mol. The van der Waals surface area contributed by atoms with Gasteiger partial charge in [-0.05, 0) is 44.5 Å². The zero-order valence-electron chi connectivity index (χ0n) is 17.3. The summed E-state index contributed by atoms with van der Waals surface area (Å²) >= 11 is 0. The molecule has 0 heteroatoms. The summed E-state index contributed by atoms with van der Waals surface area (Å²) in [5.74, 6) is 0.350. The van der Waals surface area contributed by atoms with Gasteiger partial charge in [0.2, 0.25) is 0 Å². The Morgan fingerprint density at radius 2 is 1.21 bits per heavy atom. The van der Waals surface area contributed by atoms with E-state index in [2.05, 4.69) is 118 Å². The minimum atomic E-state index is 0.0492. The zero-order valence-corrected chi connectivity index (χ0v) is 17.3. The molecule has 1 aliphatic carbocycles. The van der Waals surface area contributed by atoms with Crippen LogP contribution in [-0.4, -0.2) is 0 Å². The molecule has 1 atom stereocenters. The van der Waals surface area contributed by atoms with Gasteiger partial charge in [0.05, 0.1) is 0 Å². The van der Waals surface area contributed by atoms with Crippen LogP contribution in [0.3, 0.4) is 0 Å². The summed E-state index contributed by atoms with van der Waals surface area (Å²) in [6.45, 7) is 7.02. The van der Waals surface area contributed by atoms with Crippen LogP contribution in [0.2, 0.25) is 0 Å². The lowest BCUT2D eigenvalue weighted by Crippen LogP contribution is -2.15. The molecule has 29 heavy (non-hydrogen) atoms. The predicted molar refractivity (Wildman–Crippen MR) is 123 cm³/mol. The van der Waals surface area contributed by atoms with Crippen LogP contribution in [0.4, 0.5) is 0 Å². The predicted octanol–water partition coefficient (Wildman–Crippen LogP) is 7.81. The van der Waals surface area contributed by atoms with E-state index >= 15 is 0 Å². The summed E-state index contributed by atoms with van der Waals surface area (Å²) < 4.78 is 0. The van der Waals surface area contributed by atoms with Gasteiger partial charge in [0.15, 0.2) is 0 Å². The van der Waals surface area contributed by atoms with Crippen LogP contribution < -0.4 is 0 Å². The fourth-order valence-electron chi connectivity index (χ4n) is 4.80. The average Bonchev–Trinajstić information content (AvgIpc) is 3.01. The Kier molecular flexibility index (Phi) is 4.17. The molecule has 0 spiro atoms. The third-order valence-corrected chi connectivity index (χ3v) is 6.60.